The Morgan fingerprint density at radius 2 is 1.95 bits per heavy atom. The van der Waals surface area contributed by atoms with Gasteiger partial charge in [0.25, 0.3) is 5.69 Å². The number of hydrogen-bond acceptors (Lipinski definition) is 5. The molecule has 1 aliphatic heterocycles. The summed E-state index contributed by atoms with van der Waals surface area (Å²) >= 11 is 0. The summed E-state index contributed by atoms with van der Waals surface area (Å²) in [6, 6.07) is 3.07. The summed E-state index contributed by atoms with van der Waals surface area (Å²) in [5.41, 5.74) is -0.189. The van der Waals surface area contributed by atoms with Crippen molar-refractivity contribution in [1.82, 2.24) is 5.32 Å². The van der Waals surface area contributed by atoms with Crippen molar-refractivity contribution < 1.29 is 22.8 Å². The van der Waals surface area contributed by atoms with E-state index in [0.717, 1.165) is 18.2 Å². The molecule has 0 bridgehead atoms. The van der Waals surface area contributed by atoms with Crippen molar-refractivity contribution in [3.8, 4) is 5.75 Å². The lowest BCUT2D eigenvalue weighted by Crippen LogP contribution is -2.43. The second kappa shape index (κ2) is 5.53. The molecule has 1 aliphatic rings. The Labute approximate surface area is 112 Å². The minimum absolute atomic E-state index is 0.0815. The molecule has 0 saturated carbocycles. The Hall–Kier alpha value is -2.03. The first-order chi connectivity index (χ1) is 9.37. The highest BCUT2D eigenvalue weighted by molar-refractivity contribution is 5.63. The highest BCUT2D eigenvalue weighted by Gasteiger charge is 2.33. The number of rotatable bonds is 3. The average molecular weight is 291 g/mol. The Morgan fingerprint density at radius 1 is 1.30 bits per heavy atom. The van der Waals surface area contributed by atoms with E-state index in [0.29, 0.717) is 26.2 Å². The zero-order chi connectivity index (χ0) is 14.8. The molecule has 1 aromatic rings. The zero-order valence-corrected chi connectivity index (χ0v) is 10.3. The molecule has 0 atom stereocenters. The fourth-order valence-corrected chi connectivity index (χ4v) is 1.98. The van der Waals surface area contributed by atoms with Gasteiger partial charge in [-0.15, -0.1) is 13.2 Å². The van der Waals surface area contributed by atoms with Crippen LogP contribution in [0.25, 0.3) is 0 Å². The predicted molar refractivity (Wildman–Crippen MR) is 64.9 cm³/mol. The molecule has 2 rings (SSSR count). The summed E-state index contributed by atoms with van der Waals surface area (Å²) in [5, 5.41) is 13.8. The fraction of sp³-hybridized carbons (Fsp3) is 0.455. The highest BCUT2D eigenvalue weighted by atomic mass is 19.4. The Balaban J connectivity index is 2.36. The van der Waals surface area contributed by atoms with E-state index in [1.165, 1.54) is 0 Å². The topological polar surface area (TPSA) is 67.6 Å². The van der Waals surface area contributed by atoms with Gasteiger partial charge in [-0.2, -0.15) is 0 Å². The van der Waals surface area contributed by atoms with Gasteiger partial charge < -0.3 is 15.0 Å². The molecule has 20 heavy (non-hydrogen) atoms. The number of piperazine rings is 1. The van der Waals surface area contributed by atoms with Gasteiger partial charge >= 0.3 is 6.36 Å². The van der Waals surface area contributed by atoms with Crippen LogP contribution in [0.15, 0.2) is 18.2 Å². The number of nitro benzene ring substituents is 1. The first-order valence-electron chi connectivity index (χ1n) is 5.87. The number of ether oxygens (including phenoxy) is 1. The molecule has 1 aromatic carbocycles. The van der Waals surface area contributed by atoms with Crippen LogP contribution in [0.1, 0.15) is 0 Å². The van der Waals surface area contributed by atoms with Crippen molar-refractivity contribution in [3.63, 3.8) is 0 Å². The molecule has 110 valence electrons. The van der Waals surface area contributed by atoms with Gasteiger partial charge in [0.2, 0.25) is 0 Å². The third kappa shape index (κ3) is 3.50. The molecular weight excluding hydrogens is 279 g/mol. The lowest BCUT2D eigenvalue weighted by atomic mass is 10.2. The van der Waals surface area contributed by atoms with Gasteiger partial charge in [0.05, 0.1) is 10.6 Å². The lowest BCUT2D eigenvalue weighted by molar-refractivity contribution is -0.384. The first-order valence-corrected chi connectivity index (χ1v) is 5.87. The van der Waals surface area contributed by atoms with Crippen molar-refractivity contribution in [2.75, 3.05) is 31.1 Å². The summed E-state index contributed by atoms with van der Waals surface area (Å²) in [6.45, 7) is 2.09. The number of benzene rings is 1. The van der Waals surface area contributed by atoms with Crippen LogP contribution >= 0.6 is 0 Å². The average Bonchev–Trinajstić information content (AvgIpc) is 2.38. The molecule has 0 amide bonds. The van der Waals surface area contributed by atoms with Crippen LogP contribution < -0.4 is 15.0 Å². The monoisotopic (exact) mass is 291 g/mol. The van der Waals surface area contributed by atoms with Gasteiger partial charge in [0.1, 0.15) is 0 Å². The van der Waals surface area contributed by atoms with E-state index in [-0.39, 0.29) is 11.4 Å². The van der Waals surface area contributed by atoms with E-state index >= 15 is 0 Å². The molecule has 6 nitrogen and oxygen atoms in total. The van der Waals surface area contributed by atoms with Crippen molar-refractivity contribution in [2.24, 2.45) is 0 Å². The van der Waals surface area contributed by atoms with Crippen molar-refractivity contribution >= 4 is 11.4 Å². The SMILES string of the molecule is O=[N+]([O-])c1ccc(OC(F)(F)F)c(N2CCNCC2)c1. The van der Waals surface area contributed by atoms with Crippen LogP contribution in [0.2, 0.25) is 0 Å². The molecule has 1 saturated heterocycles. The fourth-order valence-electron chi connectivity index (χ4n) is 1.98. The van der Waals surface area contributed by atoms with Crippen molar-refractivity contribution in [2.45, 2.75) is 6.36 Å². The van der Waals surface area contributed by atoms with Crippen LogP contribution in [-0.4, -0.2) is 37.5 Å². The number of nitrogens with one attached hydrogen (secondary N) is 1. The third-order valence-corrected chi connectivity index (χ3v) is 2.84. The minimum Gasteiger partial charge on any atom is -0.404 e. The van der Waals surface area contributed by atoms with Gasteiger partial charge in [-0.3, -0.25) is 10.1 Å². The molecule has 1 heterocycles. The molecule has 1 fully saturated rings. The van der Waals surface area contributed by atoms with E-state index in [1.54, 1.807) is 4.90 Å². The van der Waals surface area contributed by atoms with Crippen LogP contribution in [-0.2, 0) is 0 Å². The highest BCUT2D eigenvalue weighted by Crippen LogP contribution is 2.35. The standard InChI is InChI=1S/C11H12F3N3O3/c12-11(13,14)20-10-2-1-8(17(18)19)7-9(10)16-5-3-15-4-6-16/h1-2,7,15H,3-6H2. The second-order valence-corrected chi connectivity index (χ2v) is 4.19. The summed E-state index contributed by atoms with van der Waals surface area (Å²) in [6.07, 6.45) is -4.83. The number of nitrogens with zero attached hydrogens (tertiary/aromatic N) is 2. The van der Waals surface area contributed by atoms with Crippen LogP contribution in [0.4, 0.5) is 24.5 Å². The zero-order valence-electron chi connectivity index (χ0n) is 10.3. The van der Waals surface area contributed by atoms with Crippen LogP contribution in [0, 0.1) is 10.1 Å². The van der Waals surface area contributed by atoms with E-state index < -0.39 is 17.0 Å². The minimum atomic E-state index is -4.83. The Kier molecular flexibility index (Phi) is 3.98. The third-order valence-electron chi connectivity index (χ3n) is 2.84. The molecule has 0 radical (unpaired) electrons. The molecule has 9 heteroatoms. The summed E-state index contributed by atoms with van der Waals surface area (Å²) in [4.78, 5) is 11.7. The van der Waals surface area contributed by atoms with Gasteiger partial charge in [-0.25, -0.2) is 0 Å². The number of alkyl halides is 3. The lowest BCUT2D eigenvalue weighted by Gasteiger charge is -2.30. The normalized spacial score (nSPS) is 16.1. The second-order valence-electron chi connectivity index (χ2n) is 4.19. The maximum absolute atomic E-state index is 12.4. The summed E-state index contributed by atoms with van der Waals surface area (Å²) in [5.74, 6) is -0.426. The number of anilines is 1. The maximum Gasteiger partial charge on any atom is 0.573 e. The number of nitro groups is 1. The Bertz CT molecular complexity index is 501. The summed E-state index contributed by atoms with van der Waals surface area (Å²) in [7, 11) is 0. The number of hydrogen-bond donors (Lipinski definition) is 1. The molecular formula is C11H12F3N3O3. The van der Waals surface area contributed by atoms with Gasteiger partial charge in [-0.1, -0.05) is 0 Å². The number of non-ortho nitro benzene ring substituents is 1. The molecule has 0 unspecified atom stereocenters. The quantitative estimate of drug-likeness (QED) is 0.680. The van der Waals surface area contributed by atoms with Gasteiger partial charge in [0.15, 0.2) is 5.75 Å². The first kappa shape index (κ1) is 14.4. The molecule has 1 N–H and O–H groups in total. The van der Waals surface area contributed by atoms with Gasteiger partial charge in [-0.05, 0) is 6.07 Å². The van der Waals surface area contributed by atoms with E-state index in [1.807, 2.05) is 0 Å². The van der Waals surface area contributed by atoms with Crippen molar-refractivity contribution in [1.29, 1.82) is 0 Å². The van der Waals surface area contributed by atoms with Crippen LogP contribution in [0.3, 0.4) is 0 Å². The van der Waals surface area contributed by atoms with Crippen molar-refractivity contribution in [3.05, 3.63) is 28.3 Å². The molecule has 0 aliphatic carbocycles. The van der Waals surface area contributed by atoms with Gasteiger partial charge in [0, 0.05) is 38.3 Å². The maximum atomic E-state index is 12.4. The molecule has 0 aromatic heterocycles. The smallest absolute Gasteiger partial charge is 0.404 e. The van der Waals surface area contributed by atoms with E-state index in [4.69, 9.17) is 0 Å². The van der Waals surface area contributed by atoms with Crippen LogP contribution in [0.5, 0.6) is 5.75 Å². The largest absolute Gasteiger partial charge is 0.573 e. The predicted octanol–water partition coefficient (Wildman–Crippen LogP) is 1.90. The molecule has 0 spiro atoms. The van der Waals surface area contributed by atoms with E-state index in [9.17, 15) is 23.3 Å². The summed E-state index contributed by atoms with van der Waals surface area (Å²) < 4.78 is 41.0. The van der Waals surface area contributed by atoms with E-state index in [2.05, 4.69) is 10.1 Å². The number of halogens is 3. The Morgan fingerprint density at radius 3 is 2.50 bits per heavy atom.